The standard InChI is InChI=1S/C47H58N10O5/c1-29-25-55(40(44(49)50)23-39(48)36-4-2-3-5-41(36)58)28-42(62-29)32-10-12-33(13-11-32)46(60)54-20-18-53(19-21-54)26-30-6-14-34(15-7-30)57-27-38(31-8-9-31)37-22-35(24-51-45(37)57)56-17-16-43(59)52-47(56)61/h2-5,10-13,22-24,27,29-31,34,42,58H,6-9,14-21,25-26,28,48-50H2,1H3,(H,52,59,61)/b39-23-. The number of morpholine rings is 1. The molecule has 4 aromatic rings. The van der Waals surface area contributed by atoms with Crippen LogP contribution in [0.4, 0.5) is 10.5 Å². The highest BCUT2D eigenvalue weighted by Gasteiger charge is 2.34. The van der Waals surface area contributed by atoms with Gasteiger partial charge < -0.3 is 41.4 Å². The van der Waals surface area contributed by atoms with Gasteiger partial charge in [0.15, 0.2) is 0 Å². The minimum Gasteiger partial charge on any atom is -0.507 e. The van der Waals surface area contributed by atoms with Gasteiger partial charge in [-0.05, 0) is 105 Å². The van der Waals surface area contributed by atoms with E-state index in [1.165, 1.54) is 18.4 Å². The number of piperazine rings is 1. The lowest BCUT2D eigenvalue weighted by atomic mass is 9.85. The molecule has 2 atom stereocenters. The van der Waals surface area contributed by atoms with Crippen LogP contribution in [0.1, 0.15) is 97.0 Å². The van der Waals surface area contributed by atoms with Gasteiger partial charge in [-0.3, -0.25) is 24.7 Å². The number of phenolic OH excluding ortho intramolecular Hbond substituents is 1. The van der Waals surface area contributed by atoms with Crippen molar-refractivity contribution in [3.63, 3.8) is 0 Å². The third-order valence-electron chi connectivity index (χ3n) is 13.4. The molecule has 15 nitrogen and oxygen atoms in total. The number of imide groups is 1. The Hall–Kier alpha value is -6.06. The fourth-order valence-electron chi connectivity index (χ4n) is 9.86. The number of nitrogens with one attached hydrogen (secondary N) is 1. The Bertz CT molecular complexity index is 2390. The van der Waals surface area contributed by atoms with Crippen LogP contribution in [0.15, 0.2) is 84.6 Å². The summed E-state index contributed by atoms with van der Waals surface area (Å²) >= 11 is 0. The van der Waals surface area contributed by atoms with Crippen LogP contribution in [0.5, 0.6) is 5.75 Å². The molecule has 0 bridgehead atoms. The van der Waals surface area contributed by atoms with Crippen molar-refractivity contribution < 1.29 is 24.2 Å². The van der Waals surface area contributed by atoms with E-state index in [1.54, 1.807) is 41.4 Å². The van der Waals surface area contributed by atoms with Crippen LogP contribution in [0.25, 0.3) is 16.7 Å². The lowest BCUT2D eigenvalue weighted by Gasteiger charge is -2.39. The number of rotatable bonds is 10. The van der Waals surface area contributed by atoms with E-state index in [0.717, 1.165) is 67.6 Å². The smallest absolute Gasteiger partial charge is 0.328 e. The number of benzene rings is 2. The summed E-state index contributed by atoms with van der Waals surface area (Å²) < 4.78 is 8.76. The van der Waals surface area contributed by atoms with Crippen molar-refractivity contribution in [1.29, 1.82) is 0 Å². The van der Waals surface area contributed by atoms with Crippen molar-refractivity contribution in [2.24, 2.45) is 23.1 Å². The molecule has 3 saturated heterocycles. The second kappa shape index (κ2) is 17.4. The maximum atomic E-state index is 13.7. The van der Waals surface area contributed by atoms with Crippen LogP contribution < -0.4 is 27.4 Å². The molecule has 4 amide bonds. The Morgan fingerprint density at radius 3 is 2.35 bits per heavy atom. The molecule has 2 aromatic carbocycles. The third kappa shape index (κ3) is 8.68. The van der Waals surface area contributed by atoms with Crippen LogP contribution in [0.2, 0.25) is 0 Å². The average molecular weight is 843 g/mol. The fraction of sp³-hybridized carbons (Fsp3) is 0.447. The van der Waals surface area contributed by atoms with E-state index >= 15 is 0 Å². The molecule has 62 heavy (non-hydrogen) atoms. The quantitative estimate of drug-likeness (QED) is 0.133. The largest absolute Gasteiger partial charge is 0.507 e. The van der Waals surface area contributed by atoms with Gasteiger partial charge in [0.05, 0.1) is 23.7 Å². The number of urea groups is 1. The molecule has 326 valence electrons. The molecule has 5 heterocycles. The number of para-hydroxylation sites is 1. The van der Waals surface area contributed by atoms with Crippen molar-refractivity contribution in [2.45, 2.75) is 76.0 Å². The average Bonchev–Trinajstić information content (AvgIpc) is 4.05. The van der Waals surface area contributed by atoms with Gasteiger partial charge in [-0.15, -0.1) is 0 Å². The number of hydrogen-bond donors (Lipinski definition) is 5. The van der Waals surface area contributed by atoms with Crippen LogP contribution in [0.3, 0.4) is 0 Å². The molecule has 2 aromatic heterocycles. The summed E-state index contributed by atoms with van der Waals surface area (Å²) in [4.78, 5) is 51.1. The normalized spacial score (nSPS) is 24.0. The summed E-state index contributed by atoms with van der Waals surface area (Å²) in [6, 6.07) is 16.7. The number of pyridine rings is 1. The van der Waals surface area contributed by atoms with Crippen LogP contribution in [-0.4, -0.2) is 106 Å². The van der Waals surface area contributed by atoms with E-state index < -0.39 is 0 Å². The second-order valence-electron chi connectivity index (χ2n) is 17.8. The predicted octanol–water partition coefficient (Wildman–Crippen LogP) is 5.10. The first-order valence-corrected chi connectivity index (χ1v) is 22.1. The summed E-state index contributed by atoms with van der Waals surface area (Å²) in [5.41, 5.74) is 24.8. The maximum absolute atomic E-state index is 13.7. The molecule has 8 N–H and O–H groups in total. The Kier molecular flexibility index (Phi) is 11.6. The van der Waals surface area contributed by atoms with Gasteiger partial charge in [-0.25, -0.2) is 9.78 Å². The number of fused-ring (bicyclic) bond motifs is 1. The number of phenols is 1. The highest BCUT2D eigenvalue weighted by Crippen LogP contribution is 2.46. The number of nitrogens with zero attached hydrogens (tertiary/aromatic N) is 6. The monoisotopic (exact) mass is 842 g/mol. The van der Waals surface area contributed by atoms with E-state index in [9.17, 15) is 19.5 Å². The lowest BCUT2D eigenvalue weighted by Crippen LogP contribution is -2.50. The van der Waals surface area contributed by atoms with Gasteiger partial charge in [0.2, 0.25) is 5.91 Å². The molecule has 5 aliphatic rings. The number of carbonyl (C=O) groups excluding carboxylic acids is 3. The van der Waals surface area contributed by atoms with Crippen molar-refractivity contribution in [3.8, 4) is 5.75 Å². The first-order valence-electron chi connectivity index (χ1n) is 22.1. The van der Waals surface area contributed by atoms with Crippen molar-refractivity contribution in [3.05, 3.63) is 107 Å². The van der Waals surface area contributed by atoms with E-state index in [2.05, 4.69) is 31.9 Å². The zero-order valence-electron chi connectivity index (χ0n) is 35.4. The molecule has 0 spiro atoms. The topological polar surface area (TPSA) is 202 Å². The minimum absolute atomic E-state index is 0.0432. The Labute approximate surface area is 362 Å². The van der Waals surface area contributed by atoms with Gasteiger partial charge in [0, 0.05) is 93.2 Å². The van der Waals surface area contributed by atoms with E-state index in [1.807, 2.05) is 36.1 Å². The summed E-state index contributed by atoms with van der Waals surface area (Å²) in [5.74, 6) is 1.16. The number of nitrogens with two attached hydrogens (primary N) is 3. The van der Waals surface area contributed by atoms with E-state index in [-0.39, 0.29) is 48.0 Å². The van der Waals surface area contributed by atoms with E-state index in [4.69, 9.17) is 26.9 Å². The molecular weight excluding hydrogens is 785 g/mol. The molecule has 2 aliphatic carbocycles. The number of carbonyl (C=O) groups is 3. The van der Waals surface area contributed by atoms with Crippen LogP contribution >= 0.6 is 0 Å². The summed E-state index contributed by atoms with van der Waals surface area (Å²) in [6.07, 6.45) is 12.5. The van der Waals surface area contributed by atoms with Crippen LogP contribution in [0, 0.1) is 5.92 Å². The van der Waals surface area contributed by atoms with E-state index in [0.29, 0.717) is 73.1 Å². The molecule has 15 heteroatoms. The number of amides is 4. The number of anilines is 1. The fourth-order valence-corrected chi connectivity index (χ4v) is 9.86. The van der Waals surface area contributed by atoms with Crippen molar-refractivity contribution >= 4 is 40.3 Å². The number of aromatic hydroxyl groups is 1. The number of aromatic nitrogens is 2. The molecule has 2 unspecified atom stereocenters. The lowest BCUT2D eigenvalue weighted by molar-refractivity contribution is -0.120. The third-order valence-corrected chi connectivity index (χ3v) is 13.4. The number of ether oxygens (including phenoxy) is 1. The van der Waals surface area contributed by atoms with Gasteiger partial charge >= 0.3 is 6.03 Å². The summed E-state index contributed by atoms with van der Waals surface area (Å²) in [6.45, 7) is 7.56. The Balaban J connectivity index is 0.768. The van der Waals surface area contributed by atoms with Crippen molar-refractivity contribution in [2.75, 3.05) is 57.3 Å². The number of allylic oxidation sites excluding steroid dienone is 1. The molecular formula is C47H58N10O5. The number of hydrogen-bond acceptors (Lipinski definition) is 11. The van der Waals surface area contributed by atoms with Crippen LogP contribution in [-0.2, 0) is 9.53 Å². The maximum Gasteiger partial charge on any atom is 0.328 e. The first kappa shape index (κ1) is 41.3. The zero-order valence-corrected chi connectivity index (χ0v) is 35.4. The SMILES string of the molecule is CC1CN(C(/C=C(\N)c2ccccc2O)=C(N)N)CC(c2ccc(C(=O)N3CCN(CC4CCC(n5cc(C6CC6)c6cc(N7CCC(=O)NC7=O)cnc65)CC4)CC3)cc2)O1. The molecule has 5 fully saturated rings. The molecule has 9 rings (SSSR count). The molecule has 2 saturated carbocycles. The Morgan fingerprint density at radius 1 is 0.919 bits per heavy atom. The Morgan fingerprint density at radius 2 is 1.66 bits per heavy atom. The second-order valence-corrected chi connectivity index (χ2v) is 17.8. The molecule has 3 aliphatic heterocycles. The molecule has 0 radical (unpaired) electrons. The van der Waals surface area contributed by atoms with Gasteiger partial charge in [0.25, 0.3) is 5.91 Å². The summed E-state index contributed by atoms with van der Waals surface area (Å²) in [7, 11) is 0. The highest BCUT2D eigenvalue weighted by atomic mass is 16.5. The van der Waals surface area contributed by atoms with Gasteiger partial charge in [-0.1, -0.05) is 24.3 Å². The first-order chi connectivity index (χ1) is 30.0. The van der Waals surface area contributed by atoms with Gasteiger partial charge in [0.1, 0.15) is 23.3 Å². The summed E-state index contributed by atoms with van der Waals surface area (Å²) in [5, 5.41) is 13.9. The van der Waals surface area contributed by atoms with Crippen molar-refractivity contribution in [1.82, 2.24) is 29.6 Å². The van der Waals surface area contributed by atoms with Gasteiger partial charge in [-0.2, -0.15) is 0 Å². The minimum atomic E-state index is -0.382. The highest BCUT2D eigenvalue weighted by molar-refractivity contribution is 6.06. The predicted molar refractivity (Wildman–Crippen MR) is 238 cm³/mol. The zero-order chi connectivity index (χ0) is 43.1.